The van der Waals surface area contributed by atoms with Crippen LogP contribution >= 0.6 is 30.5 Å². The van der Waals surface area contributed by atoms with Crippen molar-refractivity contribution in [1.82, 2.24) is 4.67 Å². The number of halogens is 2. The zero-order valence-corrected chi connectivity index (χ0v) is 18.2. The third-order valence-electron chi connectivity index (χ3n) is 4.10. The number of hydrogen-bond acceptors (Lipinski definition) is 1. The number of nitrogens with zero attached hydrogens (tertiary/aromatic N) is 1. The molecule has 0 unspecified atom stereocenters. The molecular formula is C22H26Cl2NOP. The van der Waals surface area contributed by atoms with Crippen molar-refractivity contribution in [2.24, 2.45) is 0 Å². The van der Waals surface area contributed by atoms with E-state index in [-0.39, 0.29) is 0 Å². The fraction of sp³-hybridized carbons (Fsp3) is 0.273. The minimum atomic E-state index is -3.06. The lowest BCUT2D eigenvalue weighted by molar-refractivity contribution is 0.419. The van der Waals surface area contributed by atoms with Crippen molar-refractivity contribution in [3.05, 3.63) is 83.4 Å². The van der Waals surface area contributed by atoms with Crippen LogP contribution in [0.4, 0.5) is 0 Å². The Balaban J connectivity index is 2.52. The van der Waals surface area contributed by atoms with Crippen LogP contribution in [0, 0.1) is 0 Å². The van der Waals surface area contributed by atoms with Gasteiger partial charge in [0.2, 0.25) is 0 Å². The van der Waals surface area contributed by atoms with Gasteiger partial charge in [0.05, 0.1) is 10.1 Å². The maximum atomic E-state index is 14.1. The van der Waals surface area contributed by atoms with E-state index in [1.54, 1.807) is 11.6 Å². The third kappa shape index (κ3) is 6.36. The summed E-state index contributed by atoms with van der Waals surface area (Å²) in [5.74, 6) is 3.36. The Labute approximate surface area is 172 Å². The molecule has 0 aliphatic carbocycles. The molecule has 5 heteroatoms. The first-order valence-corrected chi connectivity index (χ1v) is 11.8. The molecule has 0 aliphatic heterocycles. The lowest BCUT2D eigenvalue weighted by Crippen LogP contribution is -2.21. The summed E-state index contributed by atoms with van der Waals surface area (Å²) < 4.78 is 16.1. The molecule has 2 nitrogen and oxygen atoms in total. The number of rotatable bonds is 9. The second kappa shape index (κ2) is 10.9. The normalized spacial score (nSPS) is 15.0. The molecule has 0 atom stereocenters. The van der Waals surface area contributed by atoms with E-state index < -0.39 is 7.29 Å². The van der Waals surface area contributed by atoms with E-state index in [1.165, 1.54) is 0 Å². The third-order valence-corrected chi connectivity index (χ3v) is 7.60. The molecule has 27 heavy (non-hydrogen) atoms. The molecule has 0 aliphatic rings. The molecule has 0 saturated heterocycles. The second-order valence-corrected chi connectivity index (χ2v) is 9.55. The predicted octanol–water partition coefficient (Wildman–Crippen LogP) is 7.86. The molecule has 2 aromatic rings. The van der Waals surface area contributed by atoms with E-state index in [1.807, 2.05) is 65.3 Å². The van der Waals surface area contributed by atoms with Crippen LogP contribution in [0.5, 0.6) is 0 Å². The number of hydrogen-bond donors (Lipinski definition) is 0. The topological polar surface area (TPSA) is 20.3 Å². The van der Waals surface area contributed by atoms with E-state index in [0.29, 0.717) is 10.1 Å². The Morgan fingerprint density at radius 1 is 0.815 bits per heavy atom. The van der Waals surface area contributed by atoms with Gasteiger partial charge in [-0.3, -0.25) is 4.57 Å². The highest BCUT2D eigenvalue weighted by Gasteiger charge is 2.26. The minimum Gasteiger partial charge on any atom is -0.297 e. The molecule has 144 valence electrons. The molecular weight excluding hydrogens is 396 g/mol. The first kappa shape index (κ1) is 22.0. The Bertz CT molecular complexity index is 753. The maximum absolute atomic E-state index is 14.1. The fourth-order valence-corrected chi connectivity index (χ4v) is 6.27. The summed E-state index contributed by atoms with van der Waals surface area (Å²) in [5, 5.41) is 0.954. The van der Waals surface area contributed by atoms with Crippen LogP contribution in [-0.2, 0) is 4.57 Å². The fourth-order valence-electron chi connectivity index (χ4n) is 2.81. The van der Waals surface area contributed by atoms with Crippen LogP contribution in [0.25, 0.3) is 10.1 Å². The summed E-state index contributed by atoms with van der Waals surface area (Å²) >= 11 is 13.1. The molecule has 2 rings (SSSR count). The molecule has 0 amide bonds. The van der Waals surface area contributed by atoms with Crippen LogP contribution in [-0.4, -0.2) is 17.8 Å². The molecule has 0 fully saturated rings. The van der Waals surface area contributed by atoms with E-state index >= 15 is 0 Å². The van der Waals surface area contributed by atoms with E-state index in [9.17, 15) is 4.57 Å². The molecule has 2 aromatic carbocycles. The summed E-state index contributed by atoms with van der Waals surface area (Å²) in [6.07, 6.45) is 1.80. The highest BCUT2D eigenvalue weighted by atomic mass is 35.5. The van der Waals surface area contributed by atoms with Gasteiger partial charge in [0.1, 0.15) is 0 Å². The first-order chi connectivity index (χ1) is 13.0. The van der Waals surface area contributed by atoms with Crippen LogP contribution in [0.15, 0.2) is 72.3 Å². The largest absolute Gasteiger partial charge is 0.297 e. The predicted molar refractivity (Wildman–Crippen MR) is 120 cm³/mol. The lowest BCUT2D eigenvalue weighted by Gasteiger charge is -2.27. The quantitative estimate of drug-likeness (QED) is 0.384. The van der Waals surface area contributed by atoms with Crippen molar-refractivity contribution in [2.45, 2.75) is 26.7 Å². The van der Waals surface area contributed by atoms with Crippen molar-refractivity contribution >= 4 is 40.6 Å². The SMILES string of the molecule is CCCN(CCC)P(=O)(C=C(Cl)c1ccccc1)C=C(Cl)c1ccccc1. The molecule has 0 aromatic heterocycles. The van der Waals surface area contributed by atoms with Crippen molar-refractivity contribution in [3.63, 3.8) is 0 Å². The summed E-state index contributed by atoms with van der Waals surface area (Å²) in [6.45, 7) is 5.60. The monoisotopic (exact) mass is 421 g/mol. The number of benzene rings is 2. The van der Waals surface area contributed by atoms with E-state index in [0.717, 1.165) is 37.1 Å². The average molecular weight is 422 g/mol. The van der Waals surface area contributed by atoms with Gasteiger partial charge in [0.25, 0.3) is 0 Å². The van der Waals surface area contributed by atoms with E-state index in [2.05, 4.69) is 13.8 Å². The minimum absolute atomic E-state index is 0.477. The van der Waals surface area contributed by atoms with Gasteiger partial charge < -0.3 is 0 Å². The standard InChI is InChI=1S/C22H26Cl2NOP/c1-3-15-25(16-4-2)27(26,17-21(23)19-11-7-5-8-12-19)18-22(24)20-13-9-6-10-14-20/h5-14,17-18H,3-4,15-16H2,1-2H3. The van der Waals surface area contributed by atoms with E-state index in [4.69, 9.17) is 23.2 Å². The lowest BCUT2D eigenvalue weighted by atomic mass is 10.2. The highest BCUT2D eigenvalue weighted by Crippen LogP contribution is 2.57. The van der Waals surface area contributed by atoms with Gasteiger partial charge in [-0.2, -0.15) is 0 Å². The molecule has 0 saturated carbocycles. The Morgan fingerprint density at radius 2 is 1.19 bits per heavy atom. The second-order valence-electron chi connectivity index (χ2n) is 6.31. The molecule has 0 spiro atoms. The summed E-state index contributed by atoms with van der Waals surface area (Å²) in [4.78, 5) is 0. The van der Waals surface area contributed by atoms with Gasteiger partial charge in [-0.15, -0.1) is 0 Å². The van der Waals surface area contributed by atoms with Gasteiger partial charge in [0, 0.05) is 24.7 Å². The first-order valence-electron chi connectivity index (χ1n) is 9.22. The van der Waals surface area contributed by atoms with Gasteiger partial charge in [-0.25, -0.2) is 4.67 Å². The molecule has 0 heterocycles. The Hall–Kier alpha value is -1.31. The van der Waals surface area contributed by atoms with Crippen molar-refractivity contribution in [1.29, 1.82) is 0 Å². The van der Waals surface area contributed by atoms with Crippen molar-refractivity contribution < 1.29 is 4.57 Å². The Morgan fingerprint density at radius 3 is 1.52 bits per heavy atom. The molecule has 0 radical (unpaired) electrons. The molecule has 0 N–H and O–H groups in total. The summed E-state index contributed by atoms with van der Waals surface area (Å²) in [6, 6.07) is 19.2. The Kier molecular flexibility index (Phi) is 8.86. The summed E-state index contributed by atoms with van der Waals surface area (Å²) in [5.41, 5.74) is 1.69. The smallest absolute Gasteiger partial charge is 0.196 e. The van der Waals surface area contributed by atoms with Crippen LogP contribution in [0.3, 0.4) is 0 Å². The van der Waals surface area contributed by atoms with Gasteiger partial charge >= 0.3 is 0 Å². The van der Waals surface area contributed by atoms with Gasteiger partial charge in [-0.05, 0) is 24.0 Å². The van der Waals surface area contributed by atoms with Crippen molar-refractivity contribution in [3.8, 4) is 0 Å². The zero-order chi connectivity index (χ0) is 19.7. The summed E-state index contributed by atoms with van der Waals surface area (Å²) in [7, 11) is -3.06. The van der Waals surface area contributed by atoms with Gasteiger partial charge in [0.15, 0.2) is 7.29 Å². The van der Waals surface area contributed by atoms with Gasteiger partial charge in [-0.1, -0.05) is 97.7 Å². The van der Waals surface area contributed by atoms with Crippen LogP contribution in [0.2, 0.25) is 0 Å². The van der Waals surface area contributed by atoms with Crippen LogP contribution in [0.1, 0.15) is 37.8 Å². The highest BCUT2D eigenvalue weighted by molar-refractivity contribution is 7.68. The molecule has 0 bridgehead atoms. The van der Waals surface area contributed by atoms with Crippen LogP contribution < -0.4 is 0 Å². The van der Waals surface area contributed by atoms with Crippen molar-refractivity contribution in [2.75, 3.05) is 13.1 Å². The average Bonchev–Trinajstić information content (AvgIpc) is 2.69. The maximum Gasteiger partial charge on any atom is 0.196 e. The zero-order valence-electron chi connectivity index (χ0n) is 15.8.